The number of aromatic amines is 1. The lowest BCUT2D eigenvalue weighted by atomic mass is 10.2. The molecule has 0 aliphatic heterocycles. The van der Waals surface area contributed by atoms with Gasteiger partial charge in [-0.3, -0.25) is 9.59 Å². The third-order valence-electron chi connectivity index (χ3n) is 3.31. The van der Waals surface area contributed by atoms with Gasteiger partial charge in [-0.15, -0.1) is 0 Å². The van der Waals surface area contributed by atoms with Crippen molar-refractivity contribution in [3.63, 3.8) is 0 Å². The molecule has 102 valence electrons. The highest BCUT2D eigenvalue weighted by atomic mass is 16.2. The highest BCUT2D eigenvalue weighted by molar-refractivity contribution is 6.02. The van der Waals surface area contributed by atoms with Gasteiger partial charge >= 0.3 is 0 Å². The number of rotatable bonds is 3. The fourth-order valence-electron chi connectivity index (χ4n) is 2.17. The average molecular weight is 269 g/mol. The minimum atomic E-state index is -0.355. The molecule has 3 rings (SSSR count). The van der Waals surface area contributed by atoms with Crippen LogP contribution in [0.25, 0.3) is 0 Å². The Labute approximate surface area is 116 Å². The maximum absolute atomic E-state index is 12.1. The molecule has 5 nitrogen and oxygen atoms in total. The lowest BCUT2D eigenvalue weighted by molar-refractivity contribution is 0.102. The highest BCUT2D eigenvalue weighted by Crippen LogP contribution is 2.40. The first-order chi connectivity index (χ1) is 9.61. The summed E-state index contributed by atoms with van der Waals surface area (Å²) >= 11 is 0. The Balaban J connectivity index is 1.81. The number of nitrogens with one attached hydrogen (secondary N) is 2. The third-order valence-corrected chi connectivity index (χ3v) is 3.31. The van der Waals surface area contributed by atoms with Crippen LogP contribution in [0.5, 0.6) is 0 Å². The first kappa shape index (κ1) is 12.6. The number of pyridine rings is 2. The summed E-state index contributed by atoms with van der Waals surface area (Å²) in [5.41, 5.74) is 1.91. The predicted molar refractivity (Wildman–Crippen MR) is 76.0 cm³/mol. The van der Waals surface area contributed by atoms with Gasteiger partial charge in [-0.2, -0.15) is 0 Å². The molecule has 1 fully saturated rings. The molecule has 0 saturated heterocycles. The molecule has 1 aliphatic rings. The summed E-state index contributed by atoms with van der Waals surface area (Å²) in [5.74, 6) is 0.764. The quantitative estimate of drug-likeness (QED) is 0.897. The average Bonchev–Trinajstić information content (AvgIpc) is 3.22. The molecule has 2 N–H and O–H groups in total. The first-order valence-electron chi connectivity index (χ1n) is 6.60. The van der Waals surface area contributed by atoms with E-state index >= 15 is 0 Å². The Morgan fingerprint density at radius 2 is 2.15 bits per heavy atom. The number of anilines is 1. The zero-order chi connectivity index (χ0) is 14.1. The van der Waals surface area contributed by atoms with E-state index in [4.69, 9.17) is 0 Å². The molecule has 0 unspecified atom stereocenters. The number of aromatic nitrogens is 2. The summed E-state index contributed by atoms with van der Waals surface area (Å²) in [4.78, 5) is 30.1. The first-order valence-corrected chi connectivity index (χ1v) is 6.60. The second kappa shape index (κ2) is 4.92. The minimum Gasteiger partial charge on any atom is -0.318 e. The smallest absolute Gasteiger partial charge is 0.273 e. The van der Waals surface area contributed by atoms with Gasteiger partial charge in [0.05, 0.1) is 0 Å². The van der Waals surface area contributed by atoms with Gasteiger partial charge in [-0.1, -0.05) is 0 Å². The van der Waals surface area contributed by atoms with E-state index in [0.29, 0.717) is 11.7 Å². The minimum absolute atomic E-state index is 0.244. The van der Waals surface area contributed by atoms with E-state index in [-0.39, 0.29) is 17.2 Å². The van der Waals surface area contributed by atoms with Crippen molar-refractivity contribution in [1.82, 2.24) is 9.97 Å². The number of aryl methyl sites for hydroxylation is 1. The molecule has 0 atom stereocenters. The van der Waals surface area contributed by atoms with Crippen LogP contribution in [-0.2, 0) is 0 Å². The van der Waals surface area contributed by atoms with Crippen molar-refractivity contribution in [2.75, 3.05) is 5.32 Å². The van der Waals surface area contributed by atoms with Gasteiger partial charge < -0.3 is 10.3 Å². The van der Waals surface area contributed by atoms with Crippen molar-refractivity contribution in [3.8, 4) is 0 Å². The van der Waals surface area contributed by atoms with E-state index in [1.54, 1.807) is 19.2 Å². The molecule has 1 saturated carbocycles. The molecule has 20 heavy (non-hydrogen) atoms. The van der Waals surface area contributed by atoms with Crippen LogP contribution >= 0.6 is 0 Å². The third kappa shape index (κ3) is 2.77. The molecule has 0 aromatic carbocycles. The van der Waals surface area contributed by atoms with Crippen LogP contribution in [0.2, 0.25) is 0 Å². The Bertz CT molecular complexity index is 717. The van der Waals surface area contributed by atoms with Gasteiger partial charge in [0.1, 0.15) is 11.5 Å². The van der Waals surface area contributed by atoms with E-state index in [1.165, 1.54) is 24.5 Å². The van der Waals surface area contributed by atoms with Gasteiger partial charge in [-0.25, -0.2) is 4.98 Å². The number of carbonyl (C=O) groups is 1. The lowest BCUT2D eigenvalue weighted by Gasteiger charge is -2.06. The number of nitrogens with zero attached hydrogens (tertiary/aromatic N) is 1. The molecule has 5 heteroatoms. The zero-order valence-corrected chi connectivity index (χ0v) is 11.1. The van der Waals surface area contributed by atoms with Crippen LogP contribution in [0.3, 0.4) is 0 Å². The number of hydrogen-bond donors (Lipinski definition) is 2. The zero-order valence-electron chi connectivity index (χ0n) is 11.1. The summed E-state index contributed by atoms with van der Waals surface area (Å²) in [6.45, 7) is 1.78. The number of amides is 1. The summed E-state index contributed by atoms with van der Waals surface area (Å²) in [6.07, 6.45) is 4.09. The van der Waals surface area contributed by atoms with Gasteiger partial charge in [0, 0.05) is 12.3 Å². The second-order valence-electron chi connectivity index (χ2n) is 5.14. The van der Waals surface area contributed by atoms with Crippen LogP contribution in [0.1, 0.15) is 40.4 Å². The SMILES string of the molecule is Cc1cc(C(=O)Nc2cc(C3CC3)ccn2)[nH]c(=O)c1. The Hall–Kier alpha value is -2.43. The summed E-state index contributed by atoms with van der Waals surface area (Å²) in [7, 11) is 0. The largest absolute Gasteiger partial charge is 0.318 e. The van der Waals surface area contributed by atoms with Crippen LogP contribution in [0.15, 0.2) is 35.3 Å². The van der Waals surface area contributed by atoms with Gasteiger partial charge in [-0.05, 0) is 55.0 Å². The summed E-state index contributed by atoms with van der Waals surface area (Å²) < 4.78 is 0. The Morgan fingerprint density at radius 3 is 2.85 bits per heavy atom. The highest BCUT2D eigenvalue weighted by Gasteiger charge is 2.23. The van der Waals surface area contributed by atoms with Crippen LogP contribution in [-0.4, -0.2) is 15.9 Å². The molecule has 0 radical (unpaired) electrons. The van der Waals surface area contributed by atoms with Crippen molar-refractivity contribution in [3.05, 3.63) is 57.6 Å². The fraction of sp³-hybridized carbons (Fsp3) is 0.267. The van der Waals surface area contributed by atoms with Crippen molar-refractivity contribution in [2.45, 2.75) is 25.7 Å². The number of H-pyrrole nitrogens is 1. The standard InChI is InChI=1S/C15H15N3O2/c1-9-6-12(17-14(19)7-9)15(20)18-13-8-11(4-5-16-13)10-2-3-10/h4-8,10H,2-3H2,1H3,(H,17,19)(H,16,18,20). The molecule has 1 amide bonds. The Morgan fingerprint density at radius 1 is 1.35 bits per heavy atom. The fourth-order valence-corrected chi connectivity index (χ4v) is 2.17. The molecule has 0 spiro atoms. The van der Waals surface area contributed by atoms with Gasteiger partial charge in [0.25, 0.3) is 5.91 Å². The van der Waals surface area contributed by atoms with E-state index in [1.807, 2.05) is 12.1 Å². The van der Waals surface area contributed by atoms with E-state index < -0.39 is 0 Å². The van der Waals surface area contributed by atoms with Crippen LogP contribution in [0, 0.1) is 6.92 Å². The van der Waals surface area contributed by atoms with E-state index in [2.05, 4.69) is 15.3 Å². The normalized spacial score (nSPS) is 14.1. The monoisotopic (exact) mass is 269 g/mol. The molecule has 2 aromatic rings. The van der Waals surface area contributed by atoms with Crippen molar-refractivity contribution < 1.29 is 4.79 Å². The second-order valence-corrected chi connectivity index (χ2v) is 5.14. The summed E-state index contributed by atoms with van der Waals surface area (Å²) in [5, 5.41) is 2.72. The van der Waals surface area contributed by atoms with Gasteiger partial charge in [0.2, 0.25) is 5.56 Å². The predicted octanol–water partition coefficient (Wildman–Crippen LogP) is 2.21. The molecule has 1 aliphatic carbocycles. The van der Waals surface area contributed by atoms with Crippen molar-refractivity contribution in [1.29, 1.82) is 0 Å². The molecule has 2 heterocycles. The lowest BCUT2D eigenvalue weighted by Crippen LogP contribution is -2.19. The molecule has 0 bridgehead atoms. The van der Waals surface area contributed by atoms with Crippen LogP contribution in [0.4, 0.5) is 5.82 Å². The summed E-state index contributed by atoms with van der Waals surface area (Å²) in [6, 6.07) is 6.95. The maximum Gasteiger partial charge on any atom is 0.273 e. The van der Waals surface area contributed by atoms with E-state index in [9.17, 15) is 9.59 Å². The molecular weight excluding hydrogens is 254 g/mol. The molecule has 2 aromatic heterocycles. The number of hydrogen-bond acceptors (Lipinski definition) is 3. The van der Waals surface area contributed by atoms with Gasteiger partial charge in [0.15, 0.2) is 0 Å². The topological polar surface area (TPSA) is 74.8 Å². The van der Waals surface area contributed by atoms with Crippen molar-refractivity contribution >= 4 is 11.7 Å². The molecular formula is C15H15N3O2. The van der Waals surface area contributed by atoms with Crippen molar-refractivity contribution in [2.24, 2.45) is 0 Å². The number of carbonyl (C=O) groups excluding carboxylic acids is 1. The van der Waals surface area contributed by atoms with E-state index in [0.717, 1.165) is 5.56 Å². The van der Waals surface area contributed by atoms with Crippen LogP contribution < -0.4 is 10.9 Å². The maximum atomic E-state index is 12.1. The Kier molecular flexibility index (Phi) is 3.10.